The Balaban J connectivity index is 2.42. The molecule has 66 valence electrons. The van der Waals surface area contributed by atoms with Gasteiger partial charge in [0.1, 0.15) is 5.75 Å². The Hall–Kier alpha value is -0.710. The van der Waals surface area contributed by atoms with Gasteiger partial charge in [-0.15, -0.1) is 11.3 Å². The molecule has 0 aliphatic rings. The molecule has 0 unspecified atom stereocenters. The van der Waals surface area contributed by atoms with Crippen molar-refractivity contribution in [3.8, 4) is 5.75 Å². The van der Waals surface area contributed by atoms with Crippen LogP contribution >= 0.6 is 35.2 Å². The SMILES string of the molecule is S=C(Cl)Oc1ccc2scnc2c1. The fourth-order valence-electron chi connectivity index (χ4n) is 0.994. The van der Waals surface area contributed by atoms with Gasteiger partial charge in [-0.1, -0.05) is 0 Å². The van der Waals surface area contributed by atoms with E-state index in [2.05, 4.69) is 17.2 Å². The zero-order chi connectivity index (χ0) is 9.26. The molecule has 2 aromatic rings. The standard InChI is InChI=1S/C8H4ClNOS2/c9-8(12)11-5-1-2-7-6(3-5)10-4-13-7/h1-4H. The molecule has 0 amide bonds. The predicted octanol–water partition coefficient (Wildman–Crippen LogP) is 3.20. The molecule has 0 aliphatic heterocycles. The summed E-state index contributed by atoms with van der Waals surface area (Å²) in [5.74, 6) is 0.624. The maximum atomic E-state index is 5.43. The van der Waals surface area contributed by atoms with Crippen molar-refractivity contribution in [2.45, 2.75) is 0 Å². The van der Waals surface area contributed by atoms with Crippen LogP contribution in [-0.4, -0.2) is 9.49 Å². The van der Waals surface area contributed by atoms with Crippen molar-refractivity contribution in [2.75, 3.05) is 0 Å². The number of halogens is 1. The molecule has 2 nitrogen and oxygen atoms in total. The van der Waals surface area contributed by atoms with Crippen LogP contribution in [0.5, 0.6) is 5.75 Å². The number of benzene rings is 1. The number of thiocarbonyl (C=S) groups is 1. The van der Waals surface area contributed by atoms with E-state index in [9.17, 15) is 0 Å². The zero-order valence-electron chi connectivity index (χ0n) is 6.36. The van der Waals surface area contributed by atoms with Crippen LogP contribution in [0.2, 0.25) is 0 Å². The highest BCUT2D eigenvalue weighted by Crippen LogP contribution is 2.23. The molecule has 0 spiro atoms. The maximum Gasteiger partial charge on any atom is 0.260 e. The van der Waals surface area contributed by atoms with E-state index in [1.807, 2.05) is 12.1 Å². The lowest BCUT2D eigenvalue weighted by Gasteiger charge is -1.99. The molecule has 0 saturated carbocycles. The van der Waals surface area contributed by atoms with Crippen molar-refractivity contribution < 1.29 is 4.74 Å². The van der Waals surface area contributed by atoms with Crippen LogP contribution in [0.1, 0.15) is 0 Å². The first-order chi connectivity index (χ1) is 6.25. The summed E-state index contributed by atoms with van der Waals surface area (Å²) in [6.45, 7) is 0. The Morgan fingerprint density at radius 2 is 2.38 bits per heavy atom. The fourth-order valence-corrected chi connectivity index (χ4v) is 1.84. The number of thiazole rings is 1. The van der Waals surface area contributed by atoms with E-state index in [1.54, 1.807) is 22.9 Å². The van der Waals surface area contributed by atoms with Gasteiger partial charge in [0.25, 0.3) is 4.51 Å². The molecular formula is C8H4ClNOS2. The first kappa shape index (κ1) is 8.87. The molecule has 0 radical (unpaired) electrons. The van der Waals surface area contributed by atoms with Gasteiger partial charge < -0.3 is 4.74 Å². The molecule has 5 heteroatoms. The molecule has 0 atom stereocenters. The molecule has 1 heterocycles. The van der Waals surface area contributed by atoms with Crippen LogP contribution in [0.4, 0.5) is 0 Å². The number of hydrogen-bond donors (Lipinski definition) is 0. The van der Waals surface area contributed by atoms with Crippen LogP contribution < -0.4 is 4.74 Å². The van der Waals surface area contributed by atoms with Crippen LogP contribution in [0, 0.1) is 0 Å². The topological polar surface area (TPSA) is 22.1 Å². The summed E-state index contributed by atoms with van der Waals surface area (Å²) in [5.41, 5.74) is 2.68. The third-order valence-corrected chi connectivity index (χ3v) is 2.47. The molecule has 13 heavy (non-hydrogen) atoms. The summed E-state index contributed by atoms with van der Waals surface area (Å²) in [6.07, 6.45) is 0. The summed E-state index contributed by atoms with van der Waals surface area (Å²) < 4.78 is 6.17. The molecule has 2 rings (SSSR count). The van der Waals surface area contributed by atoms with Crippen molar-refractivity contribution in [2.24, 2.45) is 0 Å². The number of nitrogens with zero attached hydrogens (tertiary/aromatic N) is 1. The monoisotopic (exact) mass is 229 g/mol. The summed E-state index contributed by atoms with van der Waals surface area (Å²) >= 11 is 11.6. The van der Waals surface area contributed by atoms with E-state index in [-0.39, 0.29) is 4.51 Å². The van der Waals surface area contributed by atoms with Crippen molar-refractivity contribution in [3.63, 3.8) is 0 Å². The minimum atomic E-state index is -0.00502. The lowest BCUT2D eigenvalue weighted by Crippen LogP contribution is -1.94. The molecule has 0 fully saturated rings. The van der Waals surface area contributed by atoms with E-state index in [0.717, 1.165) is 10.2 Å². The maximum absolute atomic E-state index is 5.43. The largest absolute Gasteiger partial charge is 0.436 e. The highest BCUT2D eigenvalue weighted by atomic mass is 35.5. The number of hydrogen-bond acceptors (Lipinski definition) is 4. The minimum absolute atomic E-state index is 0.00502. The van der Waals surface area contributed by atoms with Crippen LogP contribution in [-0.2, 0) is 0 Å². The van der Waals surface area contributed by atoms with Crippen LogP contribution in [0.3, 0.4) is 0 Å². The average Bonchev–Trinajstić information content (AvgIpc) is 2.49. The van der Waals surface area contributed by atoms with E-state index in [1.165, 1.54) is 0 Å². The number of aromatic nitrogens is 1. The third kappa shape index (κ3) is 1.96. The highest BCUT2D eigenvalue weighted by Gasteiger charge is 2.00. The quantitative estimate of drug-likeness (QED) is 0.554. The average molecular weight is 230 g/mol. The molecule has 0 saturated heterocycles. The molecule has 0 N–H and O–H groups in total. The van der Waals surface area contributed by atoms with E-state index >= 15 is 0 Å². The highest BCUT2D eigenvalue weighted by molar-refractivity contribution is 7.82. The smallest absolute Gasteiger partial charge is 0.260 e. The van der Waals surface area contributed by atoms with E-state index in [4.69, 9.17) is 16.3 Å². The van der Waals surface area contributed by atoms with Crippen molar-refractivity contribution >= 4 is 49.9 Å². The van der Waals surface area contributed by atoms with Crippen molar-refractivity contribution in [3.05, 3.63) is 23.7 Å². The van der Waals surface area contributed by atoms with Gasteiger partial charge in [0.05, 0.1) is 15.7 Å². The van der Waals surface area contributed by atoms with Crippen LogP contribution in [0.25, 0.3) is 10.2 Å². The Kier molecular flexibility index (Phi) is 2.44. The second-order valence-electron chi connectivity index (χ2n) is 2.32. The summed E-state index contributed by atoms with van der Waals surface area (Å²) in [7, 11) is 0. The van der Waals surface area contributed by atoms with Gasteiger partial charge in [-0.25, -0.2) is 4.98 Å². The third-order valence-electron chi connectivity index (χ3n) is 1.50. The fraction of sp³-hybridized carbons (Fsp3) is 0. The lowest BCUT2D eigenvalue weighted by molar-refractivity contribution is 0.578. The lowest BCUT2D eigenvalue weighted by atomic mass is 10.3. The second-order valence-corrected chi connectivity index (χ2v) is 4.15. The molecule has 0 bridgehead atoms. The van der Waals surface area contributed by atoms with Crippen LogP contribution in [0.15, 0.2) is 23.7 Å². The first-order valence-corrected chi connectivity index (χ1v) is 5.13. The van der Waals surface area contributed by atoms with Crippen molar-refractivity contribution in [1.82, 2.24) is 4.98 Å². The minimum Gasteiger partial charge on any atom is -0.436 e. The van der Waals surface area contributed by atoms with Gasteiger partial charge in [-0.05, 0) is 36.0 Å². The summed E-state index contributed by atoms with van der Waals surface area (Å²) in [4.78, 5) is 4.14. The molecule has 0 aliphatic carbocycles. The van der Waals surface area contributed by atoms with E-state index < -0.39 is 0 Å². The summed E-state index contributed by atoms with van der Waals surface area (Å²) in [5, 5.41) is 0. The van der Waals surface area contributed by atoms with Gasteiger partial charge in [0.2, 0.25) is 0 Å². The Bertz CT molecular complexity index is 454. The van der Waals surface area contributed by atoms with E-state index in [0.29, 0.717) is 5.75 Å². The Morgan fingerprint density at radius 3 is 3.15 bits per heavy atom. The van der Waals surface area contributed by atoms with Gasteiger partial charge in [-0.2, -0.15) is 0 Å². The zero-order valence-corrected chi connectivity index (χ0v) is 8.75. The normalized spacial score (nSPS) is 10.2. The number of fused-ring (bicyclic) bond motifs is 1. The van der Waals surface area contributed by atoms with Gasteiger partial charge in [-0.3, -0.25) is 0 Å². The first-order valence-electron chi connectivity index (χ1n) is 3.46. The summed E-state index contributed by atoms with van der Waals surface area (Å²) in [6, 6.07) is 5.55. The van der Waals surface area contributed by atoms with Gasteiger partial charge >= 0.3 is 0 Å². The predicted molar refractivity (Wildman–Crippen MR) is 58.7 cm³/mol. The molecular weight excluding hydrogens is 226 g/mol. The van der Waals surface area contributed by atoms with Gasteiger partial charge in [0.15, 0.2) is 0 Å². The number of ether oxygens (including phenoxy) is 1. The Labute approximate surface area is 89.1 Å². The van der Waals surface area contributed by atoms with Crippen molar-refractivity contribution in [1.29, 1.82) is 0 Å². The number of rotatable bonds is 1. The second kappa shape index (κ2) is 3.57. The molecule has 1 aromatic carbocycles. The molecule has 1 aromatic heterocycles. The van der Waals surface area contributed by atoms with Gasteiger partial charge in [0, 0.05) is 6.07 Å². The Morgan fingerprint density at radius 1 is 1.54 bits per heavy atom.